The molecule has 0 radical (unpaired) electrons. The van der Waals surface area contributed by atoms with Crippen LogP contribution in [-0.4, -0.2) is 13.1 Å². The SMILES string of the molecule is Brc1ccccc1N1CC1. The van der Waals surface area contributed by atoms with Gasteiger partial charge in [0.1, 0.15) is 0 Å². The summed E-state index contributed by atoms with van der Waals surface area (Å²) in [5.41, 5.74) is 1.32. The third-order valence-electron chi connectivity index (χ3n) is 1.64. The molecule has 0 unspecified atom stereocenters. The molecular formula is C8H8BrN. The Balaban J connectivity index is 2.39. The number of halogens is 1. The average Bonchev–Trinajstić information content (AvgIpc) is 2.71. The maximum absolute atomic E-state index is 3.50. The van der Waals surface area contributed by atoms with Crippen molar-refractivity contribution in [2.75, 3.05) is 18.0 Å². The summed E-state index contributed by atoms with van der Waals surface area (Å²) in [7, 11) is 0. The third-order valence-corrected chi connectivity index (χ3v) is 2.31. The van der Waals surface area contributed by atoms with Gasteiger partial charge in [0, 0.05) is 17.6 Å². The summed E-state index contributed by atoms with van der Waals surface area (Å²) in [6, 6.07) is 8.32. The van der Waals surface area contributed by atoms with E-state index in [0.717, 1.165) is 0 Å². The van der Waals surface area contributed by atoms with Gasteiger partial charge >= 0.3 is 0 Å². The zero-order chi connectivity index (χ0) is 6.97. The Morgan fingerprint density at radius 3 is 2.50 bits per heavy atom. The van der Waals surface area contributed by atoms with Crippen molar-refractivity contribution in [1.29, 1.82) is 0 Å². The van der Waals surface area contributed by atoms with Crippen molar-refractivity contribution >= 4 is 21.6 Å². The zero-order valence-corrected chi connectivity index (χ0v) is 7.13. The molecule has 1 heterocycles. The number of rotatable bonds is 1. The van der Waals surface area contributed by atoms with E-state index < -0.39 is 0 Å². The molecule has 1 aromatic carbocycles. The van der Waals surface area contributed by atoms with Gasteiger partial charge in [0.25, 0.3) is 0 Å². The molecule has 0 amide bonds. The number of anilines is 1. The van der Waals surface area contributed by atoms with E-state index >= 15 is 0 Å². The van der Waals surface area contributed by atoms with Gasteiger partial charge in [-0.15, -0.1) is 0 Å². The fourth-order valence-electron chi connectivity index (χ4n) is 0.999. The average molecular weight is 198 g/mol. The monoisotopic (exact) mass is 197 g/mol. The van der Waals surface area contributed by atoms with E-state index in [0.29, 0.717) is 0 Å². The van der Waals surface area contributed by atoms with Crippen LogP contribution in [0.25, 0.3) is 0 Å². The zero-order valence-electron chi connectivity index (χ0n) is 5.55. The summed E-state index contributed by atoms with van der Waals surface area (Å²) in [5.74, 6) is 0. The largest absolute Gasteiger partial charge is 0.367 e. The molecule has 0 atom stereocenters. The maximum atomic E-state index is 3.50. The molecule has 0 spiro atoms. The fraction of sp³-hybridized carbons (Fsp3) is 0.250. The van der Waals surface area contributed by atoms with E-state index in [4.69, 9.17) is 0 Å². The lowest BCUT2D eigenvalue weighted by Gasteiger charge is -2.03. The van der Waals surface area contributed by atoms with Crippen LogP contribution in [0.2, 0.25) is 0 Å². The minimum atomic E-state index is 1.20. The van der Waals surface area contributed by atoms with Crippen LogP contribution < -0.4 is 4.90 Å². The molecule has 0 aliphatic carbocycles. The van der Waals surface area contributed by atoms with E-state index in [1.54, 1.807) is 0 Å². The summed E-state index contributed by atoms with van der Waals surface area (Å²) in [4.78, 5) is 2.32. The standard InChI is InChI=1S/C8H8BrN/c9-7-3-1-2-4-8(7)10-5-6-10/h1-4H,5-6H2. The van der Waals surface area contributed by atoms with Crippen LogP contribution >= 0.6 is 15.9 Å². The van der Waals surface area contributed by atoms with Crippen LogP contribution in [0.1, 0.15) is 0 Å². The fourth-order valence-corrected chi connectivity index (χ4v) is 1.53. The van der Waals surface area contributed by atoms with Crippen LogP contribution in [0, 0.1) is 0 Å². The predicted octanol–water partition coefficient (Wildman–Crippen LogP) is 2.27. The summed E-state index contributed by atoms with van der Waals surface area (Å²) in [5, 5.41) is 0. The lowest BCUT2D eigenvalue weighted by molar-refractivity contribution is 1.38. The summed E-state index contributed by atoms with van der Waals surface area (Å²) in [6.45, 7) is 2.42. The van der Waals surface area contributed by atoms with Gasteiger partial charge in [-0.1, -0.05) is 12.1 Å². The molecule has 1 fully saturated rings. The highest BCUT2D eigenvalue weighted by Gasteiger charge is 2.19. The Hall–Kier alpha value is -0.500. The van der Waals surface area contributed by atoms with Gasteiger partial charge in [0.2, 0.25) is 0 Å². The summed E-state index contributed by atoms with van der Waals surface area (Å²) < 4.78 is 1.20. The van der Waals surface area contributed by atoms with E-state index in [2.05, 4.69) is 39.0 Å². The Morgan fingerprint density at radius 1 is 1.20 bits per heavy atom. The van der Waals surface area contributed by atoms with Crippen molar-refractivity contribution in [2.45, 2.75) is 0 Å². The first-order valence-electron chi connectivity index (χ1n) is 3.37. The molecule has 1 aliphatic heterocycles. The normalized spacial score (nSPS) is 15.5. The van der Waals surface area contributed by atoms with Crippen LogP contribution in [0.5, 0.6) is 0 Å². The van der Waals surface area contributed by atoms with Crippen molar-refractivity contribution in [3.05, 3.63) is 28.7 Å². The van der Waals surface area contributed by atoms with Gasteiger partial charge in [-0.05, 0) is 28.1 Å². The van der Waals surface area contributed by atoms with E-state index in [1.165, 1.54) is 23.2 Å². The van der Waals surface area contributed by atoms with E-state index in [-0.39, 0.29) is 0 Å². The van der Waals surface area contributed by atoms with Crippen molar-refractivity contribution in [2.24, 2.45) is 0 Å². The highest BCUT2D eigenvalue weighted by molar-refractivity contribution is 9.10. The Labute approximate surface area is 68.8 Å². The number of para-hydroxylation sites is 1. The number of hydrogen-bond acceptors (Lipinski definition) is 1. The smallest absolute Gasteiger partial charge is 0.0511 e. The molecule has 0 bridgehead atoms. The van der Waals surface area contributed by atoms with Gasteiger partial charge in [-0.25, -0.2) is 0 Å². The van der Waals surface area contributed by atoms with E-state index in [1.807, 2.05) is 6.07 Å². The Bertz CT molecular complexity index is 243. The van der Waals surface area contributed by atoms with Crippen molar-refractivity contribution < 1.29 is 0 Å². The molecule has 2 heteroatoms. The topological polar surface area (TPSA) is 3.01 Å². The van der Waals surface area contributed by atoms with Gasteiger partial charge < -0.3 is 4.90 Å². The van der Waals surface area contributed by atoms with Crippen molar-refractivity contribution in [3.63, 3.8) is 0 Å². The van der Waals surface area contributed by atoms with Gasteiger partial charge in [0.05, 0.1) is 5.69 Å². The molecule has 52 valence electrons. The van der Waals surface area contributed by atoms with Crippen LogP contribution in [0.15, 0.2) is 28.7 Å². The summed E-state index contributed by atoms with van der Waals surface area (Å²) >= 11 is 3.50. The first-order chi connectivity index (χ1) is 4.88. The molecule has 1 aromatic rings. The second-order valence-corrected chi connectivity index (χ2v) is 3.29. The van der Waals surface area contributed by atoms with E-state index in [9.17, 15) is 0 Å². The molecular weight excluding hydrogens is 190 g/mol. The molecule has 2 rings (SSSR count). The lowest BCUT2D eigenvalue weighted by atomic mass is 10.3. The molecule has 1 saturated heterocycles. The molecule has 10 heavy (non-hydrogen) atoms. The predicted molar refractivity (Wildman–Crippen MR) is 46.4 cm³/mol. The maximum Gasteiger partial charge on any atom is 0.0511 e. The molecule has 0 N–H and O–H groups in total. The quantitative estimate of drug-likeness (QED) is 0.625. The molecule has 0 aromatic heterocycles. The highest BCUT2D eigenvalue weighted by atomic mass is 79.9. The highest BCUT2D eigenvalue weighted by Crippen LogP contribution is 2.29. The van der Waals surface area contributed by atoms with Crippen molar-refractivity contribution in [3.8, 4) is 0 Å². The number of hydrogen-bond donors (Lipinski definition) is 0. The van der Waals surface area contributed by atoms with Crippen LogP contribution in [0.4, 0.5) is 5.69 Å². The van der Waals surface area contributed by atoms with Gasteiger partial charge in [-0.3, -0.25) is 0 Å². The van der Waals surface area contributed by atoms with Gasteiger partial charge in [-0.2, -0.15) is 0 Å². The van der Waals surface area contributed by atoms with Gasteiger partial charge in [0.15, 0.2) is 0 Å². The number of nitrogens with zero attached hydrogens (tertiary/aromatic N) is 1. The van der Waals surface area contributed by atoms with Crippen molar-refractivity contribution in [1.82, 2.24) is 0 Å². The Kier molecular flexibility index (Phi) is 1.42. The summed E-state index contributed by atoms with van der Waals surface area (Å²) in [6.07, 6.45) is 0. The van der Waals surface area contributed by atoms with Crippen LogP contribution in [-0.2, 0) is 0 Å². The number of benzene rings is 1. The lowest BCUT2D eigenvalue weighted by Crippen LogP contribution is -1.90. The molecule has 1 nitrogen and oxygen atoms in total. The minimum Gasteiger partial charge on any atom is -0.367 e. The first-order valence-corrected chi connectivity index (χ1v) is 4.17. The Morgan fingerprint density at radius 2 is 1.90 bits per heavy atom. The second-order valence-electron chi connectivity index (χ2n) is 2.44. The molecule has 1 aliphatic rings. The second kappa shape index (κ2) is 2.27. The van der Waals surface area contributed by atoms with Crippen LogP contribution in [0.3, 0.4) is 0 Å². The first kappa shape index (κ1) is 6.23. The third kappa shape index (κ3) is 1.03. The molecule has 0 saturated carbocycles. The minimum absolute atomic E-state index is 1.20.